The zero-order valence-corrected chi connectivity index (χ0v) is 11.5. The van der Waals surface area contributed by atoms with Crippen molar-refractivity contribution in [3.8, 4) is 0 Å². The summed E-state index contributed by atoms with van der Waals surface area (Å²) in [5, 5.41) is 3.54. The first-order valence-electron chi connectivity index (χ1n) is 7.60. The second-order valence-corrected chi connectivity index (χ2v) is 5.79. The molecule has 19 heavy (non-hydrogen) atoms. The van der Waals surface area contributed by atoms with Crippen LogP contribution < -0.4 is 10.2 Å². The Morgan fingerprint density at radius 3 is 2.58 bits per heavy atom. The highest BCUT2D eigenvalue weighted by atomic mass is 19.1. The van der Waals surface area contributed by atoms with Gasteiger partial charge in [-0.15, -0.1) is 0 Å². The Hall–Kier alpha value is -1.09. The number of nitrogens with one attached hydrogen (secondary N) is 1. The van der Waals surface area contributed by atoms with Gasteiger partial charge in [0.2, 0.25) is 0 Å². The molecule has 1 aromatic rings. The molecule has 2 aliphatic rings. The molecular weight excluding hydrogens is 239 g/mol. The summed E-state index contributed by atoms with van der Waals surface area (Å²) in [5.74, 6) is -0.0603. The lowest BCUT2D eigenvalue weighted by molar-refractivity contribution is 0.508. The standard InChI is InChI=1S/C16H23FN2/c17-15-8-5-9-16(19-10-3-4-11-19)14(15)12-18-13-6-1-2-7-13/h5,8-9,13,18H,1-4,6-7,10-12H2. The molecule has 1 aromatic carbocycles. The van der Waals surface area contributed by atoms with Gasteiger partial charge in [0.05, 0.1) is 0 Å². The van der Waals surface area contributed by atoms with Crippen molar-refractivity contribution in [2.24, 2.45) is 0 Å². The molecule has 0 bridgehead atoms. The molecule has 1 saturated heterocycles. The first-order chi connectivity index (χ1) is 9.34. The average Bonchev–Trinajstić information content (AvgIpc) is 3.10. The Morgan fingerprint density at radius 1 is 1.11 bits per heavy atom. The molecule has 104 valence electrons. The molecule has 0 atom stereocenters. The van der Waals surface area contributed by atoms with E-state index in [-0.39, 0.29) is 5.82 Å². The van der Waals surface area contributed by atoms with Gasteiger partial charge in [-0.2, -0.15) is 0 Å². The fourth-order valence-electron chi connectivity index (χ4n) is 3.35. The maximum atomic E-state index is 14.1. The maximum absolute atomic E-state index is 14.1. The molecule has 0 amide bonds. The first-order valence-corrected chi connectivity index (χ1v) is 7.60. The van der Waals surface area contributed by atoms with Crippen LogP contribution in [0.3, 0.4) is 0 Å². The van der Waals surface area contributed by atoms with Crippen molar-refractivity contribution >= 4 is 5.69 Å². The van der Waals surface area contributed by atoms with E-state index in [2.05, 4.69) is 16.3 Å². The molecule has 0 radical (unpaired) electrons. The average molecular weight is 262 g/mol. The third-order valence-electron chi connectivity index (χ3n) is 4.46. The monoisotopic (exact) mass is 262 g/mol. The zero-order chi connectivity index (χ0) is 13.1. The number of halogens is 1. The van der Waals surface area contributed by atoms with Gasteiger partial charge in [0, 0.05) is 36.9 Å². The van der Waals surface area contributed by atoms with E-state index >= 15 is 0 Å². The molecule has 1 aliphatic heterocycles. The van der Waals surface area contributed by atoms with Gasteiger partial charge in [0.25, 0.3) is 0 Å². The minimum absolute atomic E-state index is 0.0603. The summed E-state index contributed by atoms with van der Waals surface area (Å²) in [7, 11) is 0. The Balaban J connectivity index is 1.73. The number of nitrogens with zero attached hydrogens (tertiary/aromatic N) is 1. The molecule has 0 spiro atoms. The van der Waals surface area contributed by atoms with Crippen molar-refractivity contribution in [3.05, 3.63) is 29.6 Å². The van der Waals surface area contributed by atoms with Crippen LogP contribution in [0.5, 0.6) is 0 Å². The molecule has 1 N–H and O–H groups in total. The number of hydrogen-bond acceptors (Lipinski definition) is 2. The second-order valence-electron chi connectivity index (χ2n) is 5.79. The van der Waals surface area contributed by atoms with Crippen molar-refractivity contribution < 1.29 is 4.39 Å². The predicted molar refractivity (Wildman–Crippen MR) is 76.9 cm³/mol. The number of anilines is 1. The van der Waals surface area contributed by atoms with Crippen LogP contribution in [0.15, 0.2) is 18.2 Å². The van der Waals surface area contributed by atoms with Gasteiger partial charge in [-0.25, -0.2) is 4.39 Å². The van der Waals surface area contributed by atoms with E-state index < -0.39 is 0 Å². The van der Waals surface area contributed by atoms with Crippen LogP contribution in [0.25, 0.3) is 0 Å². The Kier molecular flexibility index (Phi) is 4.02. The van der Waals surface area contributed by atoms with Crippen LogP contribution in [-0.2, 0) is 6.54 Å². The molecule has 1 aliphatic carbocycles. The van der Waals surface area contributed by atoms with Crippen molar-refractivity contribution in [2.75, 3.05) is 18.0 Å². The predicted octanol–water partition coefficient (Wildman–Crippen LogP) is 3.46. The van der Waals surface area contributed by atoms with E-state index in [0.29, 0.717) is 12.6 Å². The Morgan fingerprint density at radius 2 is 1.84 bits per heavy atom. The van der Waals surface area contributed by atoms with Crippen molar-refractivity contribution in [2.45, 2.75) is 51.1 Å². The van der Waals surface area contributed by atoms with Gasteiger partial charge in [0.15, 0.2) is 0 Å². The summed E-state index contributed by atoms with van der Waals surface area (Å²) < 4.78 is 14.1. The van der Waals surface area contributed by atoms with Gasteiger partial charge in [-0.1, -0.05) is 18.9 Å². The minimum Gasteiger partial charge on any atom is -0.371 e. The first kappa shape index (κ1) is 12.9. The van der Waals surface area contributed by atoms with Gasteiger partial charge >= 0.3 is 0 Å². The minimum atomic E-state index is -0.0603. The smallest absolute Gasteiger partial charge is 0.129 e. The summed E-state index contributed by atoms with van der Waals surface area (Å²) >= 11 is 0. The van der Waals surface area contributed by atoms with E-state index in [1.165, 1.54) is 38.5 Å². The summed E-state index contributed by atoms with van der Waals surface area (Å²) in [6, 6.07) is 6.08. The summed E-state index contributed by atoms with van der Waals surface area (Å²) in [5.41, 5.74) is 1.96. The largest absolute Gasteiger partial charge is 0.371 e. The van der Waals surface area contributed by atoms with E-state index in [9.17, 15) is 4.39 Å². The molecule has 1 heterocycles. The number of rotatable bonds is 4. The zero-order valence-electron chi connectivity index (χ0n) is 11.5. The number of hydrogen-bond donors (Lipinski definition) is 1. The van der Waals surface area contributed by atoms with Crippen LogP contribution in [-0.4, -0.2) is 19.1 Å². The van der Waals surface area contributed by atoms with E-state index in [1.54, 1.807) is 6.07 Å². The molecule has 2 fully saturated rings. The van der Waals surface area contributed by atoms with Gasteiger partial charge in [0.1, 0.15) is 5.82 Å². The normalized spacial score (nSPS) is 20.4. The molecule has 2 nitrogen and oxygen atoms in total. The Bertz CT molecular complexity index is 421. The van der Waals surface area contributed by atoms with Gasteiger partial charge in [-0.3, -0.25) is 0 Å². The lowest BCUT2D eigenvalue weighted by atomic mass is 10.1. The summed E-state index contributed by atoms with van der Waals surface area (Å²) in [6.45, 7) is 2.81. The molecule has 3 rings (SSSR count). The third kappa shape index (κ3) is 2.92. The van der Waals surface area contributed by atoms with Crippen LogP contribution in [0.4, 0.5) is 10.1 Å². The van der Waals surface area contributed by atoms with Crippen LogP contribution in [0, 0.1) is 5.82 Å². The fraction of sp³-hybridized carbons (Fsp3) is 0.625. The molecule has 1 saturated carbocycles. The molecule has 0 aromatic heterocycles. The quantitative estimate of drug-likeness (QED) is 0.894. The van der Waals surface area contributed by atoms with E-state index in [4.69, 9.17) is 0 Å². The highest BCUT2D eigenvalue weighted by Crippen LogP contribution is 2.27. The highest BCUT2D eigenvalue weighted by molar-refractivity contribution is 5.54. The van der Waals surface area contributed by atoms with Gasteiger partial charge in [-0.05, 0) is 37.8 Å². The Labute approximate surface area is 115 Å². The van der Waals surface area contributed by atoms with Crippen molar-refractivity contribution in [1.29, 1.82) is 0 Å². The summed E-state index contributed by atoms with van der Waals surface area (Å²) in [6.07, 6.45) is 7.57. The molecular formula is C16H23FN2. The van der Waals surface area contributed by atoms with Crippen LogP contribution >= 0.6 is 0 Å². The van der Waals surface area contributed by atoms with Crippen molar-refractivity contribution in [3.63, 3.8) is 0 Å². The molecule has 3 heteroatoms. The lowest BCUT2D eigenvalue weighted by Gasteiger charge is -2.23. The van der Waals surface area contributed by atoms with Crippen LogP contribution in [0.1, 0.15) is 44.1 Å². The number of benzene rings is 1. The van der Waals surface area contributed by atoms with E-state index in [0.717, 1.165) is 24.3 Å². The van der Waals surface area contributed by atoms with Crippen LogP contribution in [0.2, 0.25) is 0 Å². The third-order valence-corrected chi connectivity index (χ3v) is 4.46. The highest BCUT2D eigenvalue weighted by Gasteiger charge is 2.20. The SMILES string of the molecule is Fc1cccc(N2CCCC2)c1CNC1CCCC1. The maximum Gasteiger partial charge on any atom is 0.129 e. The topological polar surface area (TPSA) is 15.3 Å². The second kappa shape index (κ2) is 5.91. The fourth-order valence-corrected chi connectivity index (χ4v) is 3.35. The molecule has 0 unspecified atom stereocenters. The lowest BCUT2D eigenvalue weighted by Crippen LogP contribution is -2.28. The van der Waals surface area contributed by atoms with Gasteiger partial charge < -0.3 is 10.2 Å². The van der Waals surface area contributed by atoms with E-state index in [1.807, 2.05) is 6.07 Å². The summed E-state index contributed by atoms with van der Waals surface area (Å²) in [4.78, 5) is 2.33. The van der Waals surface area contributed by atoms with Crippen molar-refractivity contribution in [1.82, 2.24) is 5.32 Å².